The van der Waals surface area contributed by atoms with E-state index < -0.39 is 0 Å². The highest BCUT2D eigenvalue weighted by molar-refractivity contribution is 5.74. The van der Waals surface area contributed by atoms with E-state index >= 15 is 0 Å². The minimum absolute atomic E-state index is 0.187. The van der Waals surface area contributed by atoms with Crippen LogP contribution >= 0.6 is 0 Å². The van der Waals surface area contributed by atoms with Gasteiger partial charge in [-0.25, -0.2) is 4.79 Å². The van der Waals surface area contributed by atoms with Gasteiger partial charge in [0.1, 0.15) is 17.8 Å². The molecule has 0 aliphatic rings. The van der Waals surface area contributed by atoms with E-state index in [9.17, 15) is 4.79 Å². The number of carbonyl (C=O) groups excluding carboxylic acids is 1. The maximum atomic E-state index is 11.8. The number of hydrogen-bond donors (Lipinski definition) is 2. The zero-order valence-corrected chi connectivity index (χ0v) is 11.9. The lowest BCUT2D eigenvalue weighted by Crippen LogP contribution is -2.37. The summed E-state index contributed by atoms with van der Waals surface area (Å²) in [7, 11) is 0. The van der Waals surface area contributed by atoms with Gasteiger partial charge in [-0.3, -0.25) is 0 Å². The summed E-state index contributed by atoms with van der Waals surface area (Å²) in [5.74, 6) is 2.28. The third-order valence-electron chi connectivity index (χ3n) is 2.98. The fraction of sp³-hybridized carbons (Fsp3) is 0.462. The van der Waals surface area contributed by atoms with Gasteiger partial charge in [0.15, 0.2) is 5.82 Å². The molecule has 0 radical (unpaired) electrons. The first-order valence-corrected chi connectivity index (χ1v) is 6.57. The maximum absolute atomic E-state index is 11.8. The van der Waals surface area contributed by atoms with E-state index in [-0.39, 0.29) is 12.1 Å². The van der Waals surface area contributed by atoms with Gasteiger partial charge in [0.25, 0.3) is 0 Å². The highest BCUT2D eigenvalue weighted by Gasteiger charge is 2.13. The molecular weight excluding hydrogens is 258 g/mol. The second-order valence-corrected chi connectivity index (χ2v) is 4.53. The highest BCUT2D eigenvalue weighted by Crippen LogP contribution is 2.15. The Morgan fingerprint density at radius 3 is 2.95 bits per heavy atom. The number of urea groups is 1. The van der Waals surface area contributed by atoms with Crippen LogP contribution in [0.1, 0.15) is 37.2 Å². The van der Waals surface area contributed by atoms with Crippen LogP contribution in [0.2, 0.25) is 0 Å². The lowest BCUT2D eigenvalue weighted by molar-refractivity contribution is 0.235. The summed E-state index contributed by atoms with van der Waals surface area (Å²) in [5.41, 5.74) is 0. The number of nitrogens with one attached hydrogen (secondary N) is 2. The quantitative estimate of drug-likeness (QED) is 0.872. The molecule has 1 atom stereocenters. The fourth-order valence-corrected chi connectivity index (χ4v) is 1.84. The van der Waals surface area contributed by atoms with Crippen molar-refractivity contribution in [2.24, 2.45) is 0 Å². The molecule has 2 aromatic heterocycles. The average Bonchev–Trinajstić information content (AvgIpc) is 3.04. The van der Waals surface area contributed by atoms with Crippen molar-refractivity contribution in [3.8, 4) is 0 Å². The van der Waals surface area contributed by atoms with Crippen molar-refractivity contribution in [1.82, 2.24) is 25.4 Å². The first kappa shape index (κ1) is 14.1. The van der Waals surface area contributed by atoms with Crippen LogP contribution in [0.25, 0.3) is 0 Å². The van der Waals surface area contributed by atoms with Gasteiger partial charge in [-0.05, 0) is 32.9 Å². The Morgan fingerprint density at radius 2 is 2.30 bits per heavy atom. The molecule has 20 heavy (non-hydrogen) atoms. The molecular formula is C13H19N5O2. The van der Waals surface area contributed by atoms with E-state index in [1.807, 2.05) is 37.5 Å². The van der Waals surface area contributed by atoms with Crippen LogP contribution in [0.4, 0.5) is 4.79 Å². The molecule has 2 heterocycles. The molecule has 108 valence electrons. The van der Waals surface area contributed by atoms with Gasteiger partial charge >= 0.3 is 6.03 Å². The standard InChI is InChI=1S/C13H19N5O2/c1-4-18-8-15-17-12(18)7-14-13(19)16-10(3)11-6-5-9(2)20-11/h5-6,8,10H,4,7H2,1-3H3,(H2,14,16,19)/t10-/m0/s1. The van der Waals surface area contributed by atoms with Crippen molar-refractivity contribution < 1.29 is 9.21 Å². The molecule has 2 N–H and O–H groups in total. The van der Waals surface area contributed by atoms with E-state index in [2.05, 4.69) is 20.8 Å². The molecule has 2 rings (SSSR count). The first-order chi connectivity index (χ1) is 9.60. The normalized spacial score (nSPS) is 12.2. The number of carbonyl (C=O) groups is 1. The smallest absolute Gasteiger partial charge is 0.315 e. The Kier molecular flexibility index (Phi) is 4.39. The number of aromatic nitrogens is 3. The van der Waals surface area contributed by atoms with Gasteiger partial charge in [0, 0.05) is 6.54 Å². The zero-order chi connectivity index (χ0) is 14.5. The Hall–Kier alpha value is -2.31. The van der Waals surface area contributed by atoms with E-state index in [0.717, 1.165) is 23.9 Å². The van der Waals surface area contributed by atoms with Gasteiger partial charge in [0.05, 0.1) is 12.6 Å². The van der Waals surface area contributed by atoms with E-state index in [1.165, 1.54) is 0 Å². The molecule has 7 heteroatoms. The lowest BCUT2D eigenvalue weighted by atomic mass is 10.2. The Labute approximate surface area is 117 Å². The lowest BCUT2D eigenvalue weighted by Gasteiger charge is -2.12. The summed E-state index contributed by atoms with van der Waals surface area (Å²) in [4.78, 5) is 11.8. The molecule has 0 saturated carbocycles. The minimum Gasteiger partial charge on any atom is -0.464 e. The Morgan fingerprint density at radius 1 is 1.50 bits per heavy atom. The predicted molar refractivity (Wildman–Crippen MR) is 72.9 cm³/mol. The van der Waals surface area contributed by atoms with Crippen molar-refractivity contribution in [1.29, 1.82) is 0 Å². The van der Waals surface area contributed by atoms with Crippen molar-refractivity contribution in [3.63, 3.8) is 0 Å². The molecule has 0 fully saturated rings. The molecule has 0 aliphatic carbocycles. The van der Waals surface area contributed by atoms with Crippen molar-refractivity contribution in [2.75, 3.05) is 0 Å². The maximum Gasteiger partial charge on any atom is 0.315 e. The molecule has 2 amide bonds. The second-order valence-electron chi connectivity index (χ2n) is 4.53. The van der Waals surface area contributed by atoms with Gasteiger partial charge in [-0.2, -0.15) is 0 Å². The average molecular weight is 277 g/mol. The van der Waals surface area contributed by atoms with E-state index in [4.69, 9.17) is 4.42 Å². The number of aryl methyl sites for hydroxylation is 2. The van der Waals surface area contributed by atoms with Gasteiger partial charge < -0.3 is 19.6 Å². The topological polar surface area (TPSA) is 85.0 Å². The van der Waals surface area contributed by atoms with Crippen LogP contribution in [-0.2, 0) is 13.1 Å². The van der Waals surface area contributed by atoms with Crippen LogP contribution in [0.5, 0.6) is 0 Å². The molecule has 0 bridgehead atoms. The van der Waals surface area contributed by atoms with E-state index in [0.29, 0.717) is 6.54 Å². The highest BCUT2D eigenvalue weighted by atomic mass is 16.3. The monoisotopic (exact) mass is 277 g/mol. The summed E-state index contributed by atoms with van der Waals surface area (Å²) in [6.45, 7) is 6.84. The molecule has 0 aliphatic heterocycles. The van der Waals surface area contributed by atoms with Crippen LogP contribution in [0.3, 0.4) is 0 Å². The van der Waals surface area contributed by atoms with Crippen LogP contribution in [-0.4, -0.2) is 20.8 Å². The number of nitrogens with zero attached hydrogens (tertiary/aromatic N) is 3. The second kappa shape index (κ2) is 6.23. The molecule has 7 nitrogen and oxygen atoms in total. The Balaban J connectivity index is 1.83. The zero-order valence-electron chi connectivity index (χ0n) is 11.9. The minimum atomic E-state index is -0.266. The van der Waals surface area contributed by atoms with Crippen LogP contribution < -0.4 is 10.6 Å². The molecule has 0 aromatic carbocycles. The third kappa shape index (κ3) is 3.37. The first-order valence-electron chi connectivity index (χ1n) is 6.57. The molecule has 0 spiro atoms. The number of amides is 2. The SMILES string of the molecule is CCn1cnnc1CNC(=O)N[C@@H](C)c1ccc(C)o1. The van der Waals surface area contributed by atoms with Crippen molar-refractivity contribution in [2.45, 2.75) is 39.9 Å². The summed E-state index contributed by atoms with van der Waals surface area (Å²) in [5, 5.41) is 13.3. The van der Waals surface area contributed by atoms with E-state index in [1.54, 1.807) is 6.33 Å². The molecule has 0 saturated heterocycles. The third-order valence-corrected chi connectivity index (χ3v) is 2.98. The predicted octanol–water partition coefficient (Wildman–Crippen LogP) is 1.76. The van der Waals surface area contributed by atoms with Crippen LogP contribution in [0.15, 0.2) is 22.9 Å². The largest absolute Gasteiger partial charge is 0.464 e. The number of hydrogen-bond acceptors (Lipinski definition) is 4. The van der Waals surface area contributed by atoms with Gasteiger partial charge in [0.2, 0.25) is 0 Å². The summed E-state index contributed by atoms with van der Waals surface area (Å²) >= 11 is 0. The fourth-order valence-electron chi connectivity index (χ4n) is 1.84. The number of furan rings is 1. The van der Waals surface area contributed by atoms with Crippen molar-refractivity contribution in [3.05, 3.63) is 35.8 Å². The van der Waals surface area contributed by atoms with Crippen molar-refractivity contribution >= 4 is 6.03 Å². The number of rotatable bonds is 5. The molecule has 2 aromatic rings. The van der Waals surface area contributed by atoms with Crippen LogP contribution in [0, 0.1) is 6.92 Å². The summed E-state index contributed by atoms with van der Waals surface area (Å²) in [6, 6.07) is 3.27. The molecule has 0 unspecified atom stereocenters. The summed E-state index contributed by atoms with van der Waals surface area (Å²) < 4.78 is 7.34. The van der Waals surface area contributed by atoms with Gasteiger partial charge in [-0.1, -0.05) is 0 Å². The Bertz CT molecular complexity index is 575. The van der Waals surface area contributed by atoms with Gasteiger partial charge in [-0.15, -0.1) is 10.2 Å². The summed E-state index contributed by atoms with van der Waals surface area (Å²) in [6.07, 6.45) is 1.64.